The normalized spacial score (nSPS) is 18.7. The molecule has 1 atom stereocenters. The minimum Gasteiger partial charge on any atom is -0.329 e. The van der Waals surface area contributed by atoms with Crippen LogP contribution in [-0.4, -0.2) is 51.8 Å². The zero-order chi connectivity index (χ0) is 18.7. The summed E-state index contributed by atoms with van der Waals surface area (Å²) in [5.41, 5.74) is 3.23. The molecule has 7 nitrogen and oxygen atoms in total. The van der Waals surface area contributed by atoms with Crippen LogP contribution in [0.25, 0.3) is 11.3 Å². The fraction of sp³-hybridized carbons (Fsp3) is 0.368. The van der Waals surface area contributed by atoms with Crippen molar-refractivity contribution in [3.05, 3.63) is 60.8 Å². The van der Waals surface area contributed by atoms with Gasteiger partial charge >= 0.3 is 0 Å². The van der Waals surface area contributed by atoms with Gasteiger partial charge in [0.05, 0.1) is 42.5 Å². The van der Waals surface area contributed by atoms with E-state index in [2.05, 4.69) is 32.1 Å². The van der Waals surface area contributed by atoms with E-state index in [1.807, 2.05) is 41.5 Å². The van der Waals surface area contributed by atoms with Crippen LogP contribution in [-0.2, 0) is 22.9 Å². The number of sulfone groups is 1. The fourth-order valence-corrected chi connectivity index (χ4v) is 5.15. The lowest BCUT2D eigenvalue weighted by molar-refractivity contribution is 0.521. The predicted octanol–water partition coefficient (Wildman–Crippen LogP) is 1.57. The average Bonchev–Trinajstić information content (AvgIpc) is 3.36. The van der Waals surface area contributed by atoms with Crippen molar-refractivity contribution in [1.82, 2.24) is 24.6 Å². The Balaban J connectivity index is 1.37. The fourth-order valence-electron chi connectivity index (χ4n) is 3.44. The summed E-state index contributed by atoms with van der Waals surface area (Å²) in [6, 6.07) is 10.3. The first-order valence-electron chi connectivity index (χ1n) is 9.10. The van der Waals surface area contributed by atoms with Gasteiger partial charge in [-0.1, -0.05) is 30.3 Å². The minimum absolute atomic E-state index is 0.0654. The molecule has 0 saturated carbocycles. The molecule has 1 fully saturated rings. The molecule has 0 radical (unpaired) electrons. The van der Waals surface area contributed by atoms with Crippen molar-refractivity contribution in [2.45, 2.75) is 25.6 Å². The van der Waals surface area contributed by atoms with E-state index >= 15 is 0 Å². The molecule has 3 heterocycles. The zero-order valence-corrected chi connectivity index (χ0v) is 15.8. The molecule has 0 aliphatic carbocycles. The van der Waals surface area contributed by atoms with Gasteiger partial charge in [0.1, 0.15) is 0 Å². The van der Waals surface area contributed by atoms with Crippen molar-refractivity contribution in [2.24, 2.45) is 0 Å². The van der Waals surface area contributed by atoms with Gasteiger partial charge in [-0.2, -0.15) is 5.10 Å². The molecule has 27 heavy (non-hydrogen) atoms. The van der Waals surface area contributed by atoms with Gasteiger partial charge in [0.15, 0.2) is 9.84 Å². The van der Waals surface area contributed by atoms with E-state index in [0.29, 0.717) is 18.7 Å². The van der Waals surface area contributed by atoms with Crippen LogP contribution in [0.4, 0.5) is 0 Å². The Kier molecular flexibility index (Phi) is 5.09. The summed E-state index contributed by atoms with van der Waals surface area (Å²) in [5.74, 6) is 0.539. The number of hydrogen-bond acceptors (Lipinski definition) is 5. The van der Waals surface area contributed by atoms with E-state index in [-0.39, 0.29) is 11.8 Å². The molecule has 4 rings (SSSR count). The third-order valence-corrected chi connectivity index (χ3v) is 6.61. The predicted molar refractivity (Wildman–Crippen MR) is 104 cm³/mol. The van der Waals surface area contributed by atoms with E-state index in [0.717, 1.165) is 24.3 Å². The molecular weight excluding hydrogens is 362 g/mol. The number of nitrogens with one attached hydrogen (secondary N) is 1. The number of nitrogens with zero attached hydrogens (tertiary/aromatic N) is 4. The van der Waals surface area contributed by atoms with E-state index in [1.165, 1.54) is 5.56 Å². The van der Waals surface area contributed by atoms with Crippen molar-refractivity contribution in [1.29, 1.82) is 0 Å². The third kappa shape index (κ3) is 4.45. The Morgan fingerprint density at radius 2 is 2.04 bits per heavy atom. The molecule has 8 heteroatoms. The van der Waals surface area contributed by atoms with Crippen molar-refractivity contribution in [2.75, 3.05) is 18.1 Å². The van der Waals surface area contributed by atoms with Crippen molar-refractivity contribution in [3.63, 3.8) is 0 Å². The molecule has 3 aromatic rings. The molecule has 0 bridgehead atoms. The Hall–Kier alpha value is -2.45. The van der Waals surface area contributed by atoms with Crippen molar-refractivity contribution < 1.29 is 8.42 Å². The monoisotopic (exact) mass is 385 g/mol. The highest BCUT2D eigenvalue weighted by Gasteiger charge is 2.27. The van der Waals surface area contributed by atoms with Crippen LogP contribution in [0.3, 0.4) is 0 Å². The molecule has 142 valence electrons. The SMILES string of the molecule is O=S1(=O)CCC(NCCn2cncc2-c2cnn(Cc3ccccc3)c2)C1. The summed E-state index contributed by atoms with van der Waals surface area (Å²) in [6.07, 6.45) is 8.22. The van der Waals surface area contributed by atoms with Gasteiger partial charge in [0.2, 0.25) is 0 Å². The summed E-state index contributed by atoms with van der Waals surface area (Å²) in [5, 5.41) is 7.80. The van der Waals surface area contributed by atoms with E-state index in [1.54, 1.807) is 6.33 Å². The summed E-state index contributed by atoms with van der Waals surface area (Å²) in [4.78, 5) is 4.27. The largest absolute Gasteiger partial charge is 0.329 e. The summed E-state index contributed by atoms with van der Waals surface area (Å²) >= 11 is 0. The lowest BCUT2D eigenvalue weighted by atomic mass is 10.2. The Morgan fingerprint density at radius 1 is 1.19 bits per heavy atom. The lowest BCUT2D eigenvalue weighted by Gasteiger charge is -2.12. The van der Waals surface area contributed by atoms with Gasteiger partial charge < -0.3 is 9.88 Å². The highest BCUT2D eigenvalue weighted by Crippen LogP contribution is 2.19. The first-order valence-corrected chi connectivity index (χ1v) is 10.9. The molecule has 1 aliphatic rings. The number of hydrogen-bond donors (Lipinski definition) is 1. The molecule has 1 N–H and O–H groups in total. The smallest absolute Gasteiger partial charge is 0.151 e. The van der Waals surface area contributed by atoms with Gasteiger partial charge in [0, 0.05) is 30.9 Å². The van der Waals surface area contributed by atoms with Crippen LogP contribution in [0.2, 0.25) is 0 Å². The van der Waals surface area contributed by atoms with Crippen LogP contribution in [0.1, 0.15) is 12.0 Å². The van der Waals surface area contributed by atoms with Gasteiger partial charge in [-0.25, -0.2) is 13.4 Å². The second kappa shape index (κ2) is 7.66. The van der Waals surface area contributed by atoms with E-state index in [9.17, 15) is 8.42 Å². The quantitative estimate of drug-likeness (QED) is 0.668. The van der Waals surface area contributed by atoms with Crippen LogP contribution in [0.5, 0.6) is 0 Å². The third-order valence-electron chi connectivity index (χ3n) is 4.85. The van der Waals surface area contributed by atoms with Crippen LogP contribution in [0, 0.1) is 0 Å². The molecule has 1 unspecified atom stereocenters. The maximum Gasteiger partial charge on any atom is 0.151 e. The maximum atomic E-state index is 11.5. The topological polar surface area (TPSA) is 81.8 Å². The van der Waals surface area contributed by atoms with Crippen LogP contribution >= 0.6 is 0 Å². The first-order chi connectivity index (χ1) is 13.1. The highest BCUT2D eigenvalue weighted by atomic mass is 32.2. The summed E-state index contributed by atoms with van der Waals surface area (Å²) in [6.45, 7) is 2.17. The second-order valence-corrected chi connectivity index (χ2v) is 9.17. The lowest BCUT2D eigenvalue weighted by Crippen LogP contribution is -2.32. The number of imidazole rings is 1. The van der Waals surface area contributed by atoms with Gasteiger partial charge in [-0.05, 0) is 12.0 Å². The number of benzene rings is 1. The molecule has 1 aliphatic heterocycles. The van der Waals surface area contributed by atoms with Gasteiger partial charge in [0.25, 0.3) is 0 Å². The summed E-state index contributed by atoms with van der Waals surface area (Å²) < 4.78 is 27.1. The van der Waals surface area contributed by atoms with Crippen LogP contribution < -0.4 is 5.32 Å². The van der Waals surface area contributed by atoms with Gasteiger partial charge in [-0.3, -0.25) is 4.68 Å². The Morgan fingerprint density at radius 3 is 2.81 bits per heavy atom. The number of aromatic nitrogens is 4. The number of rotatable bonds is 7. The average molecular weight is 385 g/mol. The minimum atomic E-state index is -2.85. The Bertz CT molecular complexity index is 994. The van der Waals surface area contributed by atoms with E-state index in [4.69, 9.17) is 0 Å². The van der Waals surface area contributed by atoms with Crippen molar-refractivity contribution in [3.8, 4) is 11.3 Å². The highest BCUT2D eigenvalue weighted by molar-refractivity contribution is 7.91. The molecule has 2 aromatic heterocycles. The Labute approximate surface area is 159 Å². The second-order valence-electron chi connectivity index (χ2n) is 6.94. The molecule has 1 aromatic carbocycles. The molecule has 1 saturated heterocycles. The zero-order valence-electron chi connectivity index (χ0n) is 15.0. The van der Waals surface area contributed by atoms with Crippen molar-refractivity contribution >= 4 is 9.84 Å². The maximum absolute atomic E-state index is 11.5. The molecule has 0 spiro atoms. The summed E-state index contributed by atoms with van der Waals surface area (Å²) in [7, 11) is -2.85. The standard InChI is InChI=1S/C19H23N5O2S/c25-27(26)9-6-18(14-27)21-7-8-23-15-20-11-19(23)17-10-22-24(13-17)12-16-4-2-1-3-5-16/h1-5,10-11,13,15,18,21H,6-9,12,14H2. The molecular formula is C19H23N5O2S. The first kappa shape index (κ1) is 17.9. The molecule has 0 amide bonds. The van der Waals surface area contributed by atoms with Crippen LogP contribution in [0.15, 0.2) is 55.2 Å². The van der Waals surface area contributed by atoms with Gasteiger partial charge in [-0.15, -0.1) is 0 Å². The van der Waals surface area contributed by atoms with E-state index < -0.39 is 9.84 Å².